The summed E-state index contributed by atoms with van der Waals surface area (Å²) in [6.45, 7) is 11.5. The molecule has 1 amide bonds. The molecule has 2 aromatic heterocycles. The van der Waals surface area contributed by atoms with Gasteiger partial charge >= 0.3 is 0 Å². The van der Waals surface area contributed by atoms with E-state index in [1.165, 1.54) is 0 Å². The van der Waals surface area contributed by atoms with E-state index in [1.54, 1.807) is 12.1 Å². The Balaban J connectivity index is 1.95. The second kappa shape index (κ2) is 8.62. The van der Waals surface area contributed by atoms with Gasteiger partial charge in [0.1, 0.15) is 5.56 Å². The van der Waals surface area contributed by atoms with Crippen LogP contribution in [0.5, 0.6) is 0 Å². The number of aromatic amines is 1. The first-order valence-corrected chi connectivity index (χ1v) is 8.68. The van der Waals surface area contributed by atoms with Crippen molar-refractivity contribution in [3.05, 3.63) is 51.2 Å². The number of aryl methyl sites for hydroxylation is 2. The molecule has 25 heavy (non-hydrogen) atoms. The molecule has 0 unspecified atom stereocenters. The predicted molar refractivity (Wildman–Crippen MR) is 97.7 cm³/mol. The number of H-pyrrole nitrogens is 1. The van der Waals surface area contributed by atoms with E-state index in [0.29, 0.717) is 19.6 Å². The average Bonchev–Trinajstić information content (AvgIpc) is 2.90. The fraction of sp³-hybridized carbons (Fsp3) is 0.500. The Kier molecular flexibility index (Phi) is 6.52. The number of hydrogen-bond donors (Lipinski definition) is 2. The van der Waals surface area contributed by atoms with Gasteiger partial charge in [-0.15, -0.1) is 0 Å². The highest BCUT2D eigenvalue weighted by molar-refractivity contribution is 5.93. The number of carbonyl (C=O) groups excluding carboxylic acids is 1. The highest BCUT2D eigenvalue weighted by Gasteiger charge is 2.11. The number of nitrogens with one attached hydrogen (secondary N) is 2. The second-order valence-corrected chi connectivity index (χ2v) is 6.09. The second-order valence-electron chi connectivity index (χ2n) is 6.09. The fourth-order valence-corrected chi connectivity index (χ4v) is 2.75. The molecule has 0 aliphatic carbocycles. The molecule has 0 aliphatic rings. The molecule has 0 aromatic carbocycles. The topological polar surface area (TPSA) is 83.0 Å². The van der Waals surface area contributed by atoms with Crippen molar-refractivity contribution in [2.75, 3.05) is 19.6 Å². The molecule has 0 bridgehead atoms. The van der Waals surface area contributed by atoms with Crippen LogP contribution in [0.15, 0.2) is 23.0 Å². The molecule has 2 rings (SSSR count). The third kappa shape index (κ3) is 5.03. The van der Waals surface area contributed by atoms with Gasteiger partial charge < -0.3 is 10.3 Å². The van der Waals surface area contributed by atoms with Gasteiger partial charge in [0.15, 0.2) is 0 Å². The predicted octanol–water partition coefficient (Wildman–Crippen LogP) is 1.46. The summed E-state index contributed by atoms with van der Waals surface area (Å²) in [6.07, 6.45) is 0. The molecule has 2 heterocycles. The largest absolute Gasteiger partial charge is 0.350 e. The molecule has 7 heteroatoms. The monoisotopic (exact) mass is 345 g/mol. The maximum atomic E-state index is 12.2. The SMILES string of the molecule is CCN(CC)Cc1ccc(C(=O)NCCn2nc(C)cc2C)c(=O)[nH]1. The lowest BCUT2D eigenvalue weighted by Crippen LogP contribution is -2.33. The van der Waals surface area contributed by atoms with Gasteiger partial charge in [-0.1, -0.05) is 13.8 Å². The Bertz CT molecular complexity index is 774. The van der Waals surface area contributed by atoms with Gasteiger partial charge in [-0.25, -0.2) is 0 Å². The zero-order chi connectivity index (χ0) is 18.4. The Morgan fingerprint density at radius 3 is 2.56 bits per heavy atom. The number of hydrogen-bond acceptors (Lipinski definition) is 4. The molecule has 2 aromatic rings. The lowest BCUT2D eigenvalue weighted by Gasteiger charge is -2.17. The third-order valence-electron chi connectivity index (χ3n) is 4.22. The summed E-state index contributed by atoms with van der Waals surface area (Å²) in [7, 11) is 0. The zero-order valence-corrected chi connectivity index (χ0v) is 15.4. The van der Waals surface area contributed by atoms with Gasteiger partial charge in [-0.05, 0) is 45.1 Å². The Hall–Kier alpha value is -2.41. The molecule has 0 spiro atoms. The van der Waals surface area contributed by atoms with Crippen LogP contribution in [-0.2, 0) is 13.1 Å². The van der Waals surface area contributed by atoms with E-state index in [4.69, 9.17) is 0 Å². The Labute approximate surface area is 148 Å². The number of amides is 1. The van der Waals surface area contributed by atoms with Crippen LogP contribution in [0.2, 0.25) is 0 Å². The van der Waals surface area contributed by atoms with Gasteiger partial charge in [0.2, 0.25) is 0 Å². The summed E-state index contributed by atoms with van der Waals surface area (Å²) in [5, 5.41) is 7.12. The maximum absolute atomic E-state index is 12.2. The van der Waals surface area contributed by atoms with E-state index in [9.17, 15) is 9.59 Å². The van der Waals surface area contributed by atoms with Crippen molar-refractivity contribution in [2.24, 2.45) is 0 Å². The van der Waals surface area contributed by atoms with Gasteiger partial charge in [0.25, 0.3) is 11.5 Å². The highest BCUT2D eigenvalue weighted by Crippen LogP contribution is 2.02. The van der Waals surface area contributed by atoms with Crippen molar-refractivity contribution >= 4 is 5.91 Å². The van der Waals surface area contributed by atoms with Crippen molar-refractivity contribution in [1.29, 1.82) is 0 Å². The quantitative estimate of drug-likeness (QED) is 0.759. The van der Waals surface area contributed by atoms with Crippen LogP contribution >= 0.6 is 0 Å². The van der Waals surface area contributed by atoms with Gasteiger partial charge in [-0.2, -0.15) is 5.10 Å². The van der Waals surface area contributed by atoms with Crippen LogP contribution < -0.4 is 10.9 Å². The summed E-state index contributed by atoms with van der Waals surface area (Å²) in [4.78, 5) is 29.4. The molecule has 0 atom stereocenters. The first-order valence-electron chi connectivity index (χ1n) is 8.68. The van der Waals surface area contributed by atoms with Crippen molar-refractivity contribution in [3.63, 3.8) is 0 Å². The molecule has 2 N–H and O–H groups in total. The van der Waals surface area contributed by atoms with Gasteiger partial charge in [0, 0.05) is 24.5 Å². The Morgan fingerprint density at radius 2 is 2.00 bits per heavy atom. The molecule has 0 radical (unpaired) electrons. The molecule has 0 saturated carbocycles. The lowest BCUT2D eigenvalue weighted by molar-refractivity contribution is 0.0950. The van der Waals surface area contributed by atoms with Gasteiger partial charge in [-0.3, -0.25) is 19.2 Å². The minimum absolute atomic E-state index is 0.136. The third-order valence-corrected chi connectivity index (χ3v) is 4.22. The summed E-state index contributed by atoms with van der Waals surface area (Å²) < 4.78 is 1.84. The zero-order valence-electron chi connectivity index (χ0n) is 15.4. The van der Waals surface area contributed by atoms with E-state index in [0.717, 1.165) is 30.2 Å². The first-order chi connectivity index (χ1) is 11.9. The van der Waals surface area contributed by atoms with Gasteiger partial charge in [0.05, 0.1) is 12.2 Å². The number of aromatic nitrogens is 3. The van der Waals surface area contributed by atoms with Crippen molar-refractivity contribution in [1.82, 2.24) is 25.0 Å². The van der Waals surface area contributed by atoms with Crippen LogP contribution in [0.3, 0.4) is 0 Å². The number of nitrogens with zero attached hydrogens (tertiary/aromatic N) is 3. The number of carbonyl (C=O) groups is 1. The highest BCUT2D eigenvalue weighted by atomic mass is 16.2. The smallest absolute Gasteiger partial charge is 0.261 e. The molecule has 7 nitrogen and oxygen atoms in total. The standard InChI is InChI=1S/C18H27N5O2/c1-5-22(6-2)12-15-7-8-16(18(25)20-15)17(24)19-9-10-23-14(4)11-13(3)21-23/h7-8,11H,5-6,9-10,12H2,1-4H3,(H,19,24)(H,20,25). The Morgan fingerprint density at radius 1 is 1.28 bits per heavy atom. The van der Waals surface area contributed by atoms with Crippen LogP contribution in [0.4, 0.5) is 0 Å². The van der Waals surface area contributed by atoms with Crippen LogP contribution in [-0.4, -0.2) is 45.2 Å². The summed E-state index contributed by atoms with van der Waals surface area (Å²) in [5.74, 6) is -0.364. The van der Waals surface area contributed by atoms with Crippen molar-refractivity contribution in [2.45, 2.75) is 40.8 Å². The molecule has 0 saturated heterocycles. The summed E-state index contributed by atoms with van der Waals surface area (Å²) >= 11 is 0. The molecule has 0 aliphatic heterocycles. The first kappa shape index (κ1) is 18.9. The lowest BCUT2D eigenvalue weighted by atomic mass is 10.2. The van der Waals surface area contributed by atoms with E-state index < -0.39 is 0 Å². The van der Waals surface area contributed by atoms with E-state index in [-0.39, 0.29) is 17.0 Å². The summed E-state index contributed by atoms with van der Waals surface area (Å²) in [6, 6.07) is 5.38. The minimum Gasteiger partial charge on any atom is -0.350 e. The van der Waals surface area contributed by atoms with Crippen LogP contribution in [0.1, 0.15) is 41.3 Å². The molecular weight excluding hydrogens is 318 g/mol. The van der Waals surface area contributed by atoms with E-state index in [1.807, 2.05) is 24.6 Å². The molecule has 0 fully saturated rings. The normalized spacial score (nSPS) is 11.1. The molecular formula is C18H27N5O2. The van der Waals surface area contributed by atoms with Crippen LogP contribution in [0, 0.1) is 13.8 Å². The number of rotatable bonds is 8. The number of pyridine rings is 1. The van der Waals surface area contributed by atoms with Crippen LogP contribution in [0.25, 0.3) is 0 Å². The van der Waals surface area contributed by atoms with E-state index in [2.05, 4.69) is 34.1 Å². The fourth-order valence-electron chi connectivity index (χ4n) is 2.75. The van der Waals surface area contributed by atoms with E-state index >= 15 is 0 Å². The van der Waals surface area contributed by atoms with Crippen molar-refractivity contribution < 1.29 is 4.79 Å². The summed E-state index contributed by atoms with van der Waals surface area (Å²) in [5.41, 5.74) is 2.59. The minimum atomic E-state index is -0.364. The maximum Gasteiger partial charge on any atom is 0.261 e. The van der Waals surface area contributed by atoms with Crippen molar-refractivity contribution in [3.8, 4) is 0 Å². The molecule has 136 valence electrons. The average molecular weight is 345 g/mol.